The molecule has 2 rings (SSSR count). The Morgan fingerprint density at radius 1 is 1.36 bits per heavy atom. The minimum absolute atomic E-state index is 0.0491. The highest BCUT2D eigenvalue weighted by molar-refractivity contribution is 9.08. The SMILES string of the molecule is CBr.Nc1nc2nccnc2c(=O)[nH]1. The lowest BCUT2D eigenvalue weighted by Crippen LogP contribution is -2.12. The molecule has 2 aromatic rings. The van der Waals surface area contributed by atoms with Gasteiger partial charge in [-0.15, -0.1) is 0 Å². The van der Waals surface area contributed by atoms with Crippen molar-refractivity contribution in [2.24, 2.45) is 0 Å². The summed E-state index contributed by atoms with van der Waals surface area (Å²) >= 11 is 2.94. The lowest BCUT2D eigenvalue weighted by Gasteiger charge is -1.94. The van der Waals surface area contributed by atoms with Gasteiger partial charge in [0.25, 0.3) is 5.56 Å². The van der Waals surface area contributed by atoms with Crippen LogP contribution in [0.25, 0.3) is 11.2 Å². The zero-order chi connectivity index (χ0) is 10.6. The van der Waals surface area contributed by atoms with Crippen LogP contribution >= 0.6 is 15.9 Å². The third-order valence-corrected chi connectivity index (χ3v) is 1.36. The Hall–Kier alpha value is -1.50. The second-order valence-corrected chi connectivity index (χ2v) is 2.18. The molecule has 0 saturated carbocycles. The maximum absolute atomic E-state index is 11.1. The first-order valence-corrected chi connectivity index (χ1v) is 5.20. The summed E-state index contributed by atoms with van der Waals surface area (Å²) in [6, 6.07) is 0. The van der Waals surface area contributed by atoms with E-state index < -0.39 is 0 Å². The van der Waals surface area contributed by atoms with Crippen LogP contribution in [-0.2, 0) is 0 Å². The molecule has 2 aromatic heterocycles. The molecule has 0 amide bonds. The Morgan fingerprint density at radius 2 is 2.00 bits per heavy atom. The minimum atomic E-state index is -0.370. The molecule has 0 fully saturated rings. The highest BCUT2D eigenvalue weighted by atomic mass is 79.9. The number of rotatable bonds is 0. The fourth-order valence-electron chi connectivity index (χ4n) is 0.890. The second-order valence-electron chi connectivity index (χ2n) is 2.18. The average molecular weight is 258 g/mol. The van der Waals surface area contributed by atoms with Gasteiger partial charge in [0.15, 0.2) is 11.2 Å². The van der Waals surface area contributed by atoms with Crippen LogP contribution in [0.3, 0.4) is 0 Å². The van der Waals surface area contributed by atoms with Gasteiger partial charge in [0.2, 0.25) is 5.95 Å². The monoisotopic (exact) mass is 257 g/mol. The van der Waals surface area contributed by atoms with Crippen molar-refractivity contribution in [3.05, 3.63) is 22.7 Å². The Morgan fingerprint density at radius 3 is 2.71 bits per heavy atom. The highest BCUT2D eigenvalue weighted by Gasteiger charge is 2.01. The summed E-state index contributed by atoms with van der Waals surface area (Å²) in [7, 11) is 0. The summed E-state index contributed by atoms with van der Waals surface area (Å²) in [6.07, 6.45) is 2.88. The van der Waals surface area contributed by atoms with Gasteiger partial charge < -0.3 is 5.73 Å². The fraction of sp³-hybridized carbons (Fsp3) is 0.143. The summed E-state index contributed by atoms with van der Waals surface area (Å²) in [5.41, 5.74) is 5.38. The minimum Gasteiger partial charge on any atom is -0.369 e. The maximum Gasteiger partial charge on any atom is 0.280 e. The van der Waals surface area contributed by atoms with Crippen LogP contribution < -0.4 is 11.3 Å². The smallest absolute Gasteiger partial charge is 0.280 e. The first kappa shape index (κ1) is 10.6. The van der Waals surface area contributed by atoms with Crippen LogP contribution in [0.1, 0.15) is 0 Å². The van der Waals surface area contributed by atoms with Crippen molar-refractivity contribution in [2.45, 2.75) is 0 Å². The topological polar surface area (TPSA) is 97.5 Å². The summed E-state index contributed by atoms with van der Waals surface area (Å²) in [5.74, 6) is 1.86. The van der Waals surface area contributed by atoms with Crippen LogP contribution in [0.5, 0.6) is 0 Å². The molecule has 0 aliphatic carbocycles. The van der Waals surface area contributed by atoms with E-state index in [0.29, 0.717) is 0 Å². The lowest BCUT2D eigenvalue weighted by atomic mass is 10.5. The number of nitrogens with two attached hydrogens (primary N) is 1. The van der Waals surface area contributed by atoms with Crippen molar-refractivity contribution in [1.82, 2.24) is 19.9 Å². The zero-order valence-electron chi connectivity index (χ0n) is 7.36. The molecule has 0 aromatic carbocycles. The number of nitrogens with one attached hydrogen (secondary N) is 1. The van der Waals surface area contributed by atoms with Crippen molar-refractivity contribution in [3.8, 4) is 0 Å². The van der Waals surface area contributed by atoms with E-state index in [9.17, 15) is 4.79 Å². The van der Waals surface area contributed by atoms with E-state index >= 15 is 0 Å². The van der Waals surface area contributed by atoms with Crippen LogP contribution in [0.2, 0.25) is 0 Å². The van der Waals surface area contributed by atoms with E-state index in [1.807, 2.05) is 5.83 Å². The summed E-state index contributed by atoms with van der Waals surface area (Å²) in [5, 5.41) is 0. The van der Waals surface area contributed by atoms with E-state index in [4.69, 9.17) is 5.73 Å². The Bertz CT molecular complexity index is 483. The van der Waals surface area contributed by atoms with Crippen LogP contribution in [0.15, 0.2) is 17.2 Å². The maximum atomic E-state index is 11.1. The van der Waals surface area contributed by atoms with Gasteiger partial charge in [-0.25, -0.2) is 9.97 Å². The Balaban J connectivity index is 0.000000461. The van der Waals surface area contributed by atoms with Crippen molar-refractivity contribution < 1.29 is 0 Å². The molecule has 74 valence electrons. The summed E-state index contributed by atoms with van der Waals surface area (Å²) in [6.45, 7) is 0. The van der Waals surface area contributed by atoms with Gasteiger partial charge in [0.05, 0.1) is 0 Å². The number of fused-ring (bicyclic) bond motifs is 1. The molecule has 0 bridgehead atoms. The van der Waals surface area contributed by atoms with Gasteiger partial charge in [0, 0.05) is 12.4 Å². The number of aromatic amines is 1. The largest absolute Gasteiger partial charge is 0.369 e. The number of halogens is 1. The standard InChI is InChI=1S/C6H5N5O.CH3Br/c7-6-10-4-3(5(12)11-6)8-1-2-9-4;1-2/h1-2H,(H3,7,9,10,11,12);1H3. The number of hydrogen-bond acceptors (Lipinski definition) is 5. The predicted octanol–water partition coefficient (Wildman–Crippen LogP) is 0.306. The van der Waals surface area contributed by atoms with Crippen molar-refractivity contribution in [2.75, 3.05) is 11.6 Å². The predicted molar refractivity (Wildman–Crippen MR) is 57.2 cm³/mol. The van der Waals surface area contributed by atoms with E-state index in [2.05, 4.69) is 35.9 Å². The van der Waals surface area contributed by atoms with E-state index in [-0.39, 0.29) is 22.7 Å². The fourth-order valence-corrected chi connectivity index (χ4v) is 0.890. The van der Waals surface area contributed by atoms with Crippen LogP contribution in [-0.4, -0.2) is 25.8 Å². The Labute approximate surface area is 87.7 Å². The first-order chi connectivity index (χ1) is 6.77. The highest BCUT2D eigenvalue weighted by Crippen LogP contribution is 1.97. The van der Waals surface area contributed by atoms with Gasteiger partial charge >= 0.3 is 0 Å². The molecule has 7 heteroatoms. The number of anilines is 1. The van der Waals surface area contributed by atoms with E-state index in [1.165, 1.54) is 12.4 Å². The molecule has 3 N–H and O–H groups in total. The first-order valence-electron chi connectivity index (χ1n) is 3.61. The van der Waals surface area contributed by atoms with Crippen molar-refractivity contribution in [3.63, 3.8) is 0 Å². The van der Waals surface area contributed by atoms with Crippen molar-refractivity contribution >= 4 is 33.0 Å². The normalized spacial score (nSPS) is 9.29. The molecule has 14 heavy (non-hydrogen) atoms. The molecule has 0 aliphatic rings. The van der Waals surface area contributed by atoms with Gasteiger partial charge in [-0.3, -0.25) is 9.78 Å². The molecule has 0 atom stereocenters. The quantitative estimate of drug-likeness (QED) is 0.662. The number of H-pyrrole nitrogens is 1. The third-order valence-electron chi connectivity index (χ3n) is 1.36. The van der Waals surface area contributed by atoms with E-state index in [1.54, 1.807) is 0 Å². The Kier molecular flexibility index (Phi) is 3.52. The molecular weight excluding hydrogens is 250 g/mol. The second kappa shape index (κ2) is 4.66. The molecule has 6 nitrogen and oxygen atoms in total. The summed E-state index contributed by atoms with van der Waals surface area (Å²) in [4.78, 5) is 24.9. The lowest BCUT2D eigenvalue weighted by molar-refractivity contribution is 1.12. The van der Waals surface area contributed by atoms with Gasteiger partial charge in [0.1, 0.15) is 0 Å². The molecule has 0 unspecified atom stereocenters. The molecule has 0 radical (unpaired) electrons. The average Bonchev–Trinajstić information content (AvgIpc) is 2.20. The molecular formula is C7H8BrN5O. The summed E-state index contributed by atoms with van der Waals surface area (Å²) < 4.78 is 0. The van der Waals surface area contributed by atoms with Gasteiger partial charge in [-0.2, -0.15) is 4.98 Å². The zero-order valence-corrected chi connectivity index (χ0v) is 8.95. The molecule has 2 heterocycles. The van der Waals surface area contributed by atoms with Gasteiger partial charge in [-0.1, -0.05) is 15.9 Å². The third kappa shape index (κ3) is 2.05. The van der Waals surface area contributed by atoms with Crippen molar-refractivity contribution in [1.29, 1.82) is 0 Å². The number of hydrogen-bond donors (Lipinski definition) is 2. The molecule has 0 aliphatic heterocycles. The molecule has 0 saturated heterocycles. The number of aromatic nitrogens is 4. The van der Waals surface area contributed by atoms with E-state index in [0.717, 1.165) is 0 Å². The molecule has 0 spiro atoms. The van der Waals surface area contributed by atoms with Crippen LogP contribution in [0.4, 0.5) is 5.95 Å². The number of nitrogens with zero attached hydrogens (tertiary/aromatic N) is 3. The van der Waals surface area contributed by atoms with Gasteiger partial charge in [-0.05, 0) is 5.83 Å². The number of nitrogen functional groups attached to an aromatic ring is 1. The van der Waals surface area contributed by atoms with Crippen LogP contribution in [0, 0.1) is 0 Å². The number of alkyl halides is 1.